The van der Waals surface area contributed by atoms with Crippen LogP contribution in [0.1, 0.15) is 64.2 Å². The number of carbonyl (C=O) groups is 4. The van der Waals surface area contributed by atoms with Gasteiger partial charge in [-0.2, -0.15) is 0 Å². The van der Waals surface area contributed by atoms with Crippen molar-refractivity contribution < 1.29 is 33.8 Å². The van der Waals surface area contributed by atoms with E-state index in [9.17, 15) is 24.3 Å². The highest BCUT2D eigenvalue weighted by molar-refractivity contribution is 9.09. The van der Waals surface area contributed by atoms with Gasteiger partial charge in [-0.1, -0.05) is 88.7 Å². The van der Waals surface area contributed by atoms with Crippen LogP contribution in [0, 0.1) is 11.8 Å². The largest absolute Gasteiger partial charge is 0.455 e. The number of nitrogens with one attached hydrogen (secondary N) is 1. The molecule has 3 aliphatic rings. The lowest BCUT2D eigenvalue weighted by atomic mass is 9.70. The van der Waals surface area contributed by atoms with Gasteiger partial charge in [0.2, 0.25) is 17.7 Å². The predicted molar refractivity (Wildman–Crippen MR) is 198 cm³/mol. The van der Waals surface area contributed by atoms with Crippen LogP contribution >= 0.6 is 15.9 Å². The number of rotatable bonds is 15. The lowest BCUT2D eigenvalue weighted by molar-refractivity contribution is -0.162. The summed E-state index contributed by atoms with van der Waals surface area (Å²) in [6.45, 7) is 14.9. The van der Waals surface area contributed by atoms with Crippen molar-refractivity contribution >= 4 is 39.6 Å². The molecule has 3 heterocycles. The SMILES string of the molecule is C=CCCC(=O)N[C@@H](C)[C@H](OC(=O)[C@@H]1[C@H]2O[C@@]3(CC2Br)[C@H](C(=O)N(CC=C)C(C)(C)C)N([C@@H](CO)Cc2ccccc2)C(=O)[C@@H]13)c1ccccc1. The Morgan fingerprint density at radius 2 is 1.76 bits per heavy atom. The third kappa shape index (κ3) is 7.57. The van der Waals surface area contributed by atoms with E-state index in [4.69, 9.17) is 9.47 Å². The lowest BCUT2D eigenvalue weighted by Crippen LogP contribution is -2.62. The van der Waals surface area contributed by atoms with Crippen LogP contribution in [-0.4, -0.2) is 91.9 Å². The highest BCUT2D eigenvalue weighted by Crippen LogP contribution is 2.61. The van der Waals surface area contributed by atoms with Gasteiger partial charge in [0.15, 0.2) is 0 Å². The van der Waals surface area contributed by atoms with Crippen LogP contribution < -0.4 is 5.32 Å². The molecule has 1 spiro atoms. The van der Waals surface area contributed by atoms with E-state index in [1.54, 1.807) is 24.0 Å². The van der Waals surface area contributed by atoms with Gasteiger partial charge in [0.1, 0.15) is 17.7 Å². The van der Waals surface area contributed by atoms with Crippen LogP contribution in [0.2, 0.25) is 0 Å². The number of hydrogen-bond donors (Lipinski definition) is 2. The molecule has 2 N–H and O–H groups in total. The van der Waals surface area contributed by atoms with E-state index in [0.717, 1.165) is 5.56 Å². The van der Waals surface area contributed by atoms with E-state index >= 15 is 0 Å². The number of allylic oxidation sites excluding steroid dienone is 1. The van der Waals surface area contributed by atoms with E-state index in [1.807, 2.05) is 81.4 Å². The number of alkyl halides is 1. The average molecular weight is 765 g/mol. The number of fused-ring (bicyclic) bond motifs is 1. The van der Waals surface area contributed by atoms with E-state index in [-0.39, 0.29) is 29.6 Å². The standard InChI is InChI=1S/C40H50BrN3O7/c1-7-9-20-30(46)42-25(3)33(27-18-14-11-15-19-27)50-38(49)31-32-36(47)44(28(24-45)22-26-16-12-10-13-17-26)35(40(32)23-29(41)34(31)51-40)37(48)43(21-8-2)39(4,5)6/h7-8,10-19,25,28-29,31-35,45H,1-2,9,20-24H2,3-6H3,(H,42,46)/t25-,28+,29?,31-,32+,33-,34-,35-,40+/m0/s1. The molecule has 1 unspecified atom stereocenters. The summed E-state index contributed by atoms with van der Waals surface area (Å²) >= 11 is 3.75. The molecule has 3 aliphatic heterocycles. The van der Waals surface area contributed by atoms with Crippen LogP contribution in [0.4, 0.5) is 0 Å². The number of nitrogens with zero attached hydrogens (tertiary/aromatic N) is 2. The third-order valence-corrected chi connectivity index (χ3v) is 11.2. The van der Waals surface area contributed by atoms with Crippen molar-refractivity contribution in [1.82, 2.24) is 15.1 Å². The first-order chi connectivity index (χ1) is 24.3. The van der Waals surface area contributed by atoms with Crippen LogP contribution in [0.25, 0.3) is 0 Å². The fraction of sp³-hybridized carbons (Fsp3) is 0.500. The van der Waals surface area contributed by atoms with Crippen molar-refractivity contribution in [2.24, 2.45) is 11.8 Å². The molecular weight excluding hydrogens is 714 g/mol. The first-order valence-electron chi connectivity index (χ1n) is 17.7. The summed E-state index contributed by atoms with van der Waals surface area (Å²) in [6.07, 6.45) is 3.04. The first kappa shape index (κ1) is 38.4. The number of esters is 1. The third-order valence-electron chi connectivity index (χ3n) is 10.3. The zero-order valence-corrected chi connectivity index (χ0v) is 31.5. The molecule has 0 radical (unpaired) electrons. The Morgan fingerprint density at radius 1 is 1.12 bits per heavy atom. The van der Waals surface area contributed by atoms with Crippen LogP contribution in [0.3, 0.4) is 0 Å². The molecule has 3 saturated heterocycles. The maximum absolute atomic E-state index is 14.9. The number of amides is 3. The topological polar surface area (TPSA) is 125 Å². The molecule has 3 amide bonds. The van der Waals surface area contributed by atoms with Crippen molar-refractivity contribution in [3.8, 4) is 0 Å². The van der Waals surface area contributed by atoms with Gasteiger partial charge >= 0.3 is 5.97 Å². The molecule has 274 valence electrons. The van der Waals surface area contributed by atoms with Crippen molar-refractivity contribution in [3.05, 3.63) is 97.1 Å². The summed E-state index contributed by atoms with van der Waals surface area (Å²) < 4.78 is 13.1. The number of aliphatic hydroxyl groups excluding tert-OH is 1. The fourth-order valence-corrected chi connectivity index (χ4v) is 9.00. The van der Waals surface area contributed by atoms with E-state index < -0.39 is 71.8 Å². The molecule has 3 fully saturated rings. The molecule has 5 rings (SSSR count). The smallest absolute Gasteiger partial charge is 0.313 e. The van der Waals surface area contributed by atoms with Crippen molar-refractivity contribution in [2.75, 3.05) is 13.2 Å². The molecule has 9 atom stereocenters. The number of likely N-dealkylation sites (tertiary alicyclic amines) is 1. The minimum atomic E-state index is -1.36. The Kier molecular flexibility index (Phi) is 11.9. The lowest BCUT2D eigenvalue weighted by Gasteiger charge is -2.43. The zero-order chi connectivity index (χ0) is 37.1. The molecular formula is C40H50BrN3O7. The van der Waals surface area contributed by atoms with Gasteiger partial charge in [-0.3, -0.25) is 19.2 Å². The second-order valence-corrected chi connectivity index (χ2v) is 16.0. The summed E-state index contributed by atoms with van der Waals surface area (Å²) in [5.74, 6) is -3.72. The van der Waals surface area contributed by atoms with Gasteiger partial charge in [0.25, 0.3) is 0 Å². The summed E-state index contributed by atoms with van der Waals surface area (Å²) in [6, 6.07) is 16.1. The van der Waals surface area contributed by atoms with Crippen LogP contribution in [-0.2, 0) is 35.1 Å². The Labute approximate surface area is 309 Å². The summed E-state index contributed by atoms with van der Waals surface area (Å²) in [5.41, 5.74) is -0.436. The molecule has 2 bridgehead atoms. The monoisotopic (exact) mass is 763 g/mol. The van der Waals surface area contributed by atoms with Crippen LogP contribution in [0.15, 0.2) is 86.0 Å². The van der Waals surface area contributed by atoms with Gasteiger partial charge in [0, 0.05) is 23.3 Å². The minimum Gasteiger partial charge on any atom is -0.455 e. The summed E-state index contributed by atoms with van der Waals surface area (Å²) in [7, 11) is 0. The summed E-state index contributed by atoms with van der Waals surface area (Å²) in [5, 5.41) is 13.8. The van der Waals surface area contributed by atoms with E-state index in [2.05, 4.69) is 34.4 Å². The normalized spacial score (nSPS) is 26.9. The van der Waals surface area contributed by atoms with Gasteiger partial charge in [0.05, 0.1) is 36.6 Å². The van der Waals surface area contributed by atoms with Gasteiger partial charge in [-0.15, -0.1) is 13.2 Å². The molecule has 0 aliphatic carbocycles. The van der Waals surface area contributed by atoms with Crippen molar-refractivity contribution in [3.63, 3.8) is 0 Å². The number of halogens is 1. The molecule has 2 aromatic rings. The number of ether oxygens (including phenoxy) is 2. The zero-order valence-electron chi connectivity index (χ0n) is 29.9. The number of benzene rings is 2. The Morgan fingerprint density at radius 3 is 2.35 bits per heavy atom. The second kappa shape index (κ2) is 15.8. The second-order valence-electron chi connectivity index (χ2n) is 14.8. The van der Waals surface area contributed by atoms with Crippen molar-refractivity contribution in [2.45, 2.75) is 99.7 Å². The number of carbonyl (C=O) groups excluding carboxylic acids is 4. The van der Waals surface area contributed by atoms with Crippen molar-refractivity contribution in [1.29, 1.82) is 0 Å². The van der Waals surface area contributed by atoms with Crippen LogP contribution in [0.5, 0.6) is 0 Å². The minimum absolute atomic E-state index is 0.207. The van der Waals surface area contributed by atoms with Gasteiger partial charge < -0.3 is 29.7 Å². The average Bonchev–Trinajstić information content (AvgIpc) is 3.70. The molecule has 0 aromatic heterocycles. The quantitative estimate of drug-likeness (QED) is 0.150. The highest BCUT2D eigenvalue weighted by atomic mass is 79.9. The maximum Gasteiger partial charge on any atom is 0.313 e. The maximum atomic E-state index is 14.9. The molecule has 51 heavy (non-hydrogen) atoms. The number of hydrogen-bond acceptors (Lipinski definition) is 7. The molecule has 0 saturated carbocycles. The predicted octanol–water partition coefficient (Wildman–Crippen LogP) is 4.91. The summed E-state index contributed by atoms with van der Waals surface area (Å²) in [4.78, 5) is 59.9. The van der Waals surface area contributed by atoms with E-state index in [0.29, 0.717) is 24.8 Å². The van der Waals surface area contributed by atoms with E-state index in [1.165, 1.54) is 4.90 Å². The first-order valence-corrected chi connectivity index (χ1v) is 18.6. The van der Waals surface area contributed by atoms with Gasteiger partial charge in [-0.25, -0.2) is 0 Å². The fourth-order valence-electron chi connectivity index (χ4n) is 8.06. The number of aliphatic hydroxyl groups is 1. The Balaban J connectivity index is 1.55. The highest BCUT2D eigenvalue weighted by Gasteiger charge is 2.77. The molecule has 2 aromatic carbocycles. The van der Waals surface area contributed by atoms with Gasteiger partial charge in [-0.05, 0) is 58.1 Å². The Bertz CT molecular complexity index is 1600. The molecule has 10 nitrogen and oxygen atoms in total. The Hall–Kier alpha value is -3.80. The molecule has 11 heteroatoms.